The molecule has 2 rings (SSSR count). The molecule has 0 N–H and O–H groups in total. The van der Waals surface area contributed by atoms with Crippen LogP contribution in [0.4, 0.5) is 8.78 Å². The quantitative estimate of drug-likeness (QED) is 0.857. The first-order chi connectivity index (χ1) is 9.85. The lowest BCUT2D eigenvalue weighted by atomic mass is 10.1. The molecule has 21 heavy (non-hydrogen) atoms. The third-order valence-corrected chi connectivity index (χ3v) is 6.10. The second kappa shape index (κ2) is 6.09. The molecule has 7 heteroatoms. The normalized spacial score (nSPS) is 17.0. The van der Waals surface area contributed by atoms with Crippen LogP contribution in [0.15, 0.2) is 18.2 Å². The van der Waals surface area contributed by atoms with Gasteiger partial charge >= 0.3 is 0 Å². The molecule has 1 amide bonds. The highest BCUT2D eigenvalue weighted by Gasteiger charge is 2.30. The largest absolute Gasteiger partial charge is 0.339 e. The zero-order chi connectivity index (χ0) is 15.6. The molecule has 1 aliphatic heterocycles. The van der Waals surface area contributed by atoms with Crippen molar-refractivity contribution in [3.05, 3.63) is 35.4 Å². The van der Waals surface area contributed by atoms with Crippen molar-refractivity contribution in [3.63, 3.8) is 0 Å². The first-order valence-electron chi connectivity index (χ1n) is 6.81. The number of rotatable bonds is 3. The van der Waals surface area contributed by atoms with Gasteiger partial charge in [0, 0.05) is 24.4 Å². The van der Waals surface area contributed by atoms with E-state index in [0.717, 1.165) is 12.1 Å². The number of hydrogen-bond acceptors (Lipinski definition) is 3. The summed E-state index contributed by atoms with van der Waals surface area (Å²) in [6.45, 7) is 2.22. The molecular formula is C14H17F2NO3S. The number of likely N-dealkylation sites (tertiary alicyclic amines) is 1. The predicted octanol–water partition coefficient (Wildman–Crippen LogP) is 2.00. The van der Waals surface area contributed by atoms with Crippen LogP contribution in [0.5, 0.6) is 0 Å². The van der Waals surface area contributed by atoms with E-state index in [2.05, 4.69) is 0 Å². The Morgan fingerprint density at radius 3 is 2.38 bits per heavy atom. The van der Waals surface area contributed by atoms with Gasteiger partial charge in [-0.25, -0.2) is 17.2 Å². The van der Waals surface area contributed by atoms with Gasteiger partial charge in [-0.05, 0) is 31.0 Å². The summed E-state index contributed by atoms with van der Waals surface area (Å²) in [4.78, 5) is 13.7. The lowest BCUT2D eigenvalue weighted by molar-refractivity contribution is 0.0725. The van der Waals surface area contributed by atoms with Crippen molar-refractivity contribution in [3.8, 4) is 0 Å². The number of sulfone groups is 1. The number of hydrogen-bond donors (Lipinski definition) is 0. The Bertz CT molecular complexity index is 638. The van der Waals surface area contributed by atoms with Crippen molar-refractivity contribution in [2.24, 2.45) is 0 Å². The van der Waals surface area contributed by atoms with E-state index in [1.807, 2.05) is 0 Å². The molecule has 0 aliphatic carbocycles. The first kappa shape index (κ1) is 15.9. The second-order valence-corrected chi connectivity index (χ2v) is 7.64. The Balaban J connectivity index is 2.05. The Morgan fingerprint density at radius 1 is 1.24 bits per heavy atom. The first-order valence-corrected chi connectivity index (χ1v) is 8.52. The summed E-state index contributed by atoms with van der Waals surface area (Å²) in [5.74, 6) is -2.38. The van der Waals surface area contributed by atoms with Crippen molar-refractivity contribution in [1.82, 2.24) is 4.90 Å². The van der Waals surface area contributed by atoms with Gasteiger partial charge in [-0.1, -0.05) is 6.92 Å². The van der Waals surface area contributed by atoms with E-state index >= 15 is 0 Å². The summed E-state index contributed by atoms with van der Waals surface area (Å²) in [5, 5.41) is -0.420. The Kier molecular flexibility index (Phi) is 4.61. The highest BCUT2D eigenvalue weighted by atomic mass is 32.2. The highest BCUT2D eigenvalue weighted by molar-refractivity contribution is 7.92. The maximum atomic E-state index is 13.1. The van der Waals surface area contributed by atoms with Crippen LogP contribution in [-0.4, -0.2) is 43.3 Å². The lowest BCUT2D eigenvalue weighted by Crippen LogP contribution is -2.42. The molecule has 1 fully saturated rings. The van der Waals surface area contributed by atoms with Gasteiger partial charge in [-0.2, -0.15) is 0 Å². The summed E-state index contributed by atoms with van der Waals surface area (Å²) in [6, 6.07) is 3.01. The minimum atomic E-state index is -3.09. The molecule has 0 radical (unpaired) electrons. The maximum Gasteiger partial charge on any atom is 0.253 e. The van der Waals surface area contributed by atoms with E-state index in [1.54, 1.807) is 6.92 Å². The number of carbonyl (C=O) groups excluding carboxylic acids is 1. The number of nitrogens with zero attached hydrogens (tertiary/aromatic N) is 1. The lowest BCUT2D eigenvalue weighted by Gasteiger charge is -2.31. The predicted molar refractivity (Wildman–Crippen MR) is 74.7 cm³/mol. The smallest absolute Gasteiger partial charge is 0.253 e. The zero-order valence-electron chi connectivity index (χ0n) is 11.7. The minimum Gasteiger partial charge on any atom is -0.339 e. The summed E-state index contributed by atoms with van der Waals surface area (Å²) < 4.78 is 49.6. The third kappa shape index (κ3) is 3.40. The number of carbonyl (C=O) groups is 1. The fourth-order valence-corrected chi connectivity index (χ4v) is 3.87. The van der Waals surface area contributed by atoms with Crippen LogP contribution < -0.4 is 0 Å². The molecule has 0 unspecified atom stereocenters. The molecule has 116 valence electrons. The number of amides is 1. The maximum absolute atomic E-state index is 13.1. The molecule has 0 atom stereocenters. The van der Waals surface area contributed by atoms with Crippen LogP contribution in [0.1, 0.15) is 30.1 Å². The van der Waals surface area contributed by atoms with E-state index in [4.69, 9.17) is 0 Å². The van der Waals surface area contributed by atoms with Gasteiger partial charge in [0.05, 0.1) is 5.25 Å². The molecule has 1 aromatic carbocycles. The van der Waals surface area contributed by atoms with Gasteiger partial charge in [0.1, 0.15) is 0 Å². The molecule has 0 bridgehead atoms. The standard InChI is InChI=1S/C14H17F2NO3S/c1-2-21(19,20)11-5-7-17(8-6-11)14(18)10-3-4-12(15)13(16)9-10/h3-4,9,11H,2,5-8H2,1H3. The monoisotopic (exact) mass is 317 g/mol. The molecule has 0 aromatic heterocycles. The van der Waals surface area contributed by atoms with E-state index in [0.29, 0.717) is 25.9 Å². The zero-order valence-corrected chi connectivity index (χ0v) is 12.5. The van der Waals surface area contributed by atoms with Gasteiger partial charge in [0.2, 0.25) is 0 Å². The average Bonchev–Trinajstić information content (AvgIpc) is 2.49. The molecule has 1 aliphatic rings. The fraction of sp³-hybridized carbons (Fsp3) is 0.500. The van der Waals surface area contributed by atoms with E-state index in [1.165, 1.54) is 11.0 Å². The SMILES string of the molecule is CCS(=O)(=O)C1CCN(C(=O)c2ccc(F)c(F)c2)CC1. The van der Waals surface area contributed by atoms with E-state index in [9.17, 15) is 22.0 Å². The molecular weight excluding hydrogens is 300 g/mol. The number of benzene rings is 1. The van der Waals surface area contributed by atoms with Crippen molar-refractivity contribution in [2.75, 3.05) is 18.8 Å². The number of halogens is 2. The van der Waals surface area contributed by atoms with E-state index in [-0.39, 0.29) is 11.3 Å². The van der Waals surface area contributed by atoms with Gasteiger partial charge in [-0.15, -0.1) is 0 Å². The molecule has 1 heterocycles. The Morgan fingerprint density at radius 2 is 1.86 bits per heavy atom. The second-order valence-electron chi connectivity index (χ2n) is 5.07. The molecule has 0 saturated carbocycles. The Labute approximate surface area is 122 Å². The Hall–Kier alpha value is -1.50. The van der Waals surface area contributed by atoms with Crippen LogP contribution in [0.25, 0.3) is 0 Å². The van der Waals surface area contributed by atoms with Crippen molar-refractivity contribution < 1.29 is 22.0 Å². The van der Waals surface area contributed by atoms with Crippen LogP contribution >= 0.6 is 0 Å². The minimum absolute atomic E-state index is 0.0747. The van der Waals surface area contributed by atoms with Gasteiger partial charge < -0.3 is 4.90 Å². The van der Waals surface area contributed by atoms with Crippen LogP contribution in [0, 0.1) is 11.6 Å². The van der Waals surface area contributed by atoms with Crippen molar-refractivity contribution >= 4 is 15.7 Å². The third-order valence-electron chi connectivity index (χ3n) is 3.81. The summed E-state index contributed by atoms with van der Waals surface area (Å²) in [6.07, 6.45) is 0.761. The van der Waals surface area contributed by atoms with E-state index < -0.39 is 32.6 Å². The fourth-order valence-electron chi connectivity index (χ4n) is 2.47. The van der Waals surface area contributed by atoms with Gasteiger partial charge in [-0.3, -0.25) is 4.79 Å². The van der Waals surface area contributed by atoms with Crippen LogP contribution in [0.2, 0.25) is 0 Å². The summed E-state index contributed by atoms with van der Waals surface area (Å²) in [5.41, 5.74) is 0.0747. The van der Waals surface area contributed by atoms with Crippen LogP contribution in [0.3, 0.4) is 0 Å². The molecule has 1 aromatic rings. The highest BCUT2D eigenvalue weighted by Crippen LogP contribution is 2.20. The molecule has 4 nitrogen and oxygen atoms in total. The van der Waals surface area contributed by atoms with Gasteiger partial charge in [0.25, 0.3) is 5.91 Å². The molecule has 0 spiro atoms. The number of piperidine rings is 1. The average molecular weight is 317 g/mol. The van der Waals surface area contributed by atoms with Crippen LogP contribution in [-0.2, 0) is 9.84 Å². The van der Waals surface area contributed by atoms with Gasteiger partial charge in [0.15, 0.2) is 21.5 Å². The van der Waals surface area contributed by atoms with Crippen molar-refractivity contribution in [2.45, 2.75) is 25.0 Å². The molecule has 1 saturated heterocycles. The summed E-state index contributed by atoms with van der Waals surface area (Å²) in [7, 11) is -3.09. The summed E-state index contributed by atoms with van der Waals surface area (Å²) >= 11 is 0. The van der Waals surface area contributed by atoms with Crippen molar-refractivity contribution in [1.29, 1.82) is 0 Å². The topological polar surface area (TPSA) is 54.5 Å².